The normalized spacial score (nSPS) is 38.0. The van der Waals surface area contributed by atoms with E-state index < -0.39 is 30.4 Å². The summed E-state index contributed by atoms with van der Waals surface area (Å²) in [5.41, 5.74) is 0. The minimum Gasteiger partial charge on any atom is -0.388 e. The summed E-state index contributed by atoms with van der Waals surface area (Å²) >= 11 is 5.22. The number of aliphatic hydroxyl groups excluding tert-OH is 3. The largest absolute Gasteiger partial charge is 0.388 e. The molecular formula is C7H12ClNO5. The van der Waals surface area contributed by atoms with Crippen LogP contribution in [0.15, 0.2) is 0 Å². The van der Waals surface area contributed by atoms with Crippen molar-refractivity contribution in [3.8, 4) is 0 Å². The van der Waals surface area contributed by atoms with Crippen molar-refractivity contribution >= 4 is 17.5 Å². The highest BCUT2D eigenvalue weighted by Gasteiger charge is 2.37. The third kappa shape index (κ3) is 2.55. The highest BCUT2D eigenvalue weighted by Crippen LogP contribution is 2.13. The molecule has 1 aliphatic heterocycles. The fraction of sp³-hybridized carbons (Fsp3) is 0.857. The zero-order chi connectivity index (χ0) is 10.7. The topological polar surface area (TPSA) is 99.0 Å². The minimum absolute atomic E-state index is 0.147. The zero-order valence-electron chi connectivity index (χ0n) is 7.26. The van der Waals surface area contributed by atoms with E-state index in [0.717, 1.165) is 0 Å². The monoisotopic (exact) mass is 225 g/mol. The van der Waals surface area contributed by atoms with Gasteiger partial charge in [0.1, 0.15) is 24.2 Å². The number of hydrogen-bond donors (Lipinski definition) is 4. The first kappa shape index (κ1) is 11.7. The fourth-order valence-corrected chi connectivity index (χ4v) is 1.21. The predicted molar refractivity (Wildman–Crippen MR) is 46.6 cm³/mol. The Labute approximate surface area is 85.4 Å². The van der Waals surface area contributed by atoms with Gasteiger partial charge >= 0.3 is 0 Å². The van der Waals surface area contributed by atoms with Gasteiger partial charge in [-0.1, -0.05) is 0 Å². The van der Waals surface area contributed by atoms with Crippen LogP contribution in [0.3, 0.4) is 0 Å². The van der Waals surface area contributed by atoms with Gasteiger partial charge in [0.15, 0.2) is 6.23 Å². The molecule has 1 fully saturated rings. The molecule has 1 rings (SSSR count). The van der Waals surface area contributed by atoms with Crippen LogP contribution >= 0.6 is 11.6 Å². The summed E-state index contributed by atoms with van der Waals surface area (Å²) in [6.45, 7) is -0.147. The highest BCUT2D eigenvalue weighted by molar-refractivity contribution is 6.27. The first-order chi connectivity index (χ1) is 6.56. The van der Waals surface area contributed by atoms with Crippen molar-refractivity contribution in [2.24, 2.45) is 0 Å². The Kier molecular flexibility index (Phi) is 4.09. The van der Waals surface area contributed by atoms with Gasteiger partial charge in [-0.15, -0.1) is 11.6 Å². The van der Waals surface area contributed by atoms with Gasteiger partial charge < -0.3 is 25.4 Å². The average Bonchev–Trinajstić information content (AvgIpc) is 2.19. The smallest absolute Gasteiger partial charge is 0.236 e. The summed E-state index contributed by atoms with van der Waals surface area (Å²) in [6.07, 6.45) is -4.86. The number of halogens is 1. The standard InChI is InChI=1S/C7H12ClNO5/c8-1-4(11)9-7-6(13)5(12)3(10)2-14-7/h3,5-7,10,12-13H,1-2H2,(H,9,11)/t3-,5-,6-,7-/m1/s1. The Balaban J connectivity index is 2.50. The van der Waals surface area contributed by atoms with Gasteiger partial charge in [0.2, 0.25) is 5.91 Å². The molecule has 0 bridgehead atoms. The predicted octanol–water partition coefficient (Wildman–Crippen LogP) is -2.22. The highest BCUT2D eigenvalue weighted by atomic mass is 35.5. The van der Waals surface area contributed by atoms with E-state index in [4.69, 9.17) is 21.4 Å². The maximum absolute atomic E-state index is 10.8. The van der Waals surface area contributed by atoms with Crippen molar-refractivity contribution in [2.75, 3.05) is 12.5 Å². The third-order valence-electron chi connectivity index (χ3n) is 1.93. The summed E-state index contributed by atoms with van der Waals surface area (Å²) in [6, 6.07) is 0. The third-order valence-corrected chi connectivity index (χ3v) is 2.17. The Bertz CT molecular complexity index is 214. The van der Waals surface area contributed by atoms with Crippen molar-refractivity contribution in [1.82, 2.24) is 5.32 Å². The summed E-state index contributed by atoms with van der Waals surface area (Å²) in [4.78, 5) is 10.8. The first-order valence-corrected chi connectivity index (χ1v) is 4.61. The van der Waals surface area contributed by atoms with E-state index in [1.165, 1.54) is 0 Å². The fourth-order valence-electron chi connectivity index (χ4n) is 1.13. The second-order valence-corrected chi connectivity index (χ2v) is 3.27. The molecule has 6 nitrogen and oxygen atoms in total. The van der Waals surface area contributed by atoms with Crippen molar-refractivity contribution < 1.29 is 24.9 Å². The van der Waals surface area contributed by atoms with Gasteiger partial charge in [0.25, 0.3) is 0 Å². The number of alkyl halides is 1. The molecule has 1 saturated heterocycles. The lowest BCUT2D eigenvalue weighted by atomic mass is 10.0. The average molecular weight is 226 g/mol. The molecule has 1 heterocycles. The summed E-state index contributed by atoms with van der Waals surface area (Å²) in [5, 5.41) is 29.9. The minimum atomic E-state index is -1.36. The maximum atomic E-state index is 10.8. The van der Waals surface area contributed by atoms with Crippen molar-refractivity contribution in [1.29, 1.82) is 0 Å². The van der Waals surface area contributed by atoms with E-state index in [9.17, 15) is 15.0 Å². The van der Waals surface area contributed by atoms with Crippen LogP contribution in [0.4, 0.5) is 0 Å². The molecule has 0 aliphatic carbocycles. The molecule has 4 N–H and O–H groups in total. The van der Waals surface area contributed by atoms with Crippen LogP contribution in [0.25, 0.3) is 0 Å². The van der Waals surface area contributed by atoms with Gasteiger partial charge in [-0.25, -0.2) is 0 Å². The Hall–Kier alpha value is -0.400. The molecule has 82 valence electrons. The van der Waals surface area contributed by atoms with Gasteiger partial charge in [-0.3, -0.25) is 4.79 Å². The number of ether oxygens (including phenoxy) is 1. The molecule has 0 radical (unpaired) electrons. The molecule has 0 aromatic carbocycles. The molecule has 4 atom stereocenters. The lowest BCUT2D eigenvalue weighted by Crippen LogP contribution is -2.59. The van der Waals surface area contributed by atoms with E-state index in [0.29, 0.717) is 0 Å². The molecular weight excluding hydrogens is 214 g/mol. The molecule has 1 amide bonds. The Morgan fingerprint density at radius 2 is 2.07 bits per heavy atom. The molecule has 0 aromatic heterocycles. The second kappa shape index (κ2) is 4.90. The molecule has 0 spiro atoms. The number of carbonyl (C=O) groups excluding carboxylic acids is 1. The van der Waals surface area contributed by atoms with E-state index in [-0.39, 0.29) is 12.5 Å². The number of rotatable bonds is 2. The Morgan fingerprint density at radius 1 is 1.43 bits per heavy atom. The van der Waals surface area contributed by atoms with Gasteiger partial charge in [0.05, 0.1) is 6.61 Å². The van der Waals surface area contributed by atoms with E-state index in [2.05, 4.69) is 5.32 Å². The van der Waals surface area contributed by atoms with Crippen LogP contribution in [0.1, 0.15) is 0 Å². The van der Waals surface area contributed by atoms with Crippen LogP contribution < -0.4 is 5.32 Å². The molecule has 0 saturated carbocycles. The molecule has 7 heteroatoms. The number of amides is 1. The van der Waals surface area contributed by atoms with Crippen LogP contribution in [0, 0.1) is 0 Å². The van der Waals surface area contributed by atoms with Crippen LogP contribution in [0.5, 0.6) is 0 Å². The van der Waals surface area contributed by atoms with Crippen molar-refractivity contribution in [3.05, 3.63) is 0 Å². The van der Waals surface area contributed by atoms with Crippen molar-refractivity contribution in [2.45, 2.75) is 24.5 Å². The molecule has 1 aliphatic rings. The SMILES string of the molecule is O=C(CCl)N[C@@H]1OC[C@@H](O)[C@@H](O)[C@H]1O. The summed E-state index contributed by atoms with van der Waals surface area (Å²) < 4.78 is 4.89. The number of nitrogens with one attached hydrogen (secondary N) is 1. The zero-order valence-corrected chi connectivity index (χ0v) is 8.02. The first-order valence-electron chi connectivity index (χ1n) is 4.07. The van der Waals surface area contributed by atoms with Gasteiger partial charge in [-0.05, 0) is 0 Å². The second-order valence-electron chi connectivity index (χ2n) is 3.00. The molecule has 0 aromatic rings. The van der Waals surface area contributed by atoms with E-state index in [1.807, 2.05) is 0 Å². The number of aliphatic hydroxyl groups is 3. The van der Waals surface area contributed by atoms with E-state index >= 15 is 0 Å². The molecule has 0 unspecified atom stereocenters. The maximum Gasteiger partial charge on any atom is 0.236 e. The number of hydrogen-bond acceptors (Lipinski definition) is 5. The van der Waals surface area contributed by atoms with Crippen molar-refractivity contribution in [3.63, 3.8) is 0 Å². The lowest BCUT2D eigenvalue weighted by Gasteiger charge is -2.35. The van der Waals surface area contributed by atoms with E-state index in [1.54, 1.807) is 0 Å². The van der Waals surface area contributed by atoms with Gasteiger partial charge in [0, 0.05) is 0 Å². The van der Waals surface area contributed by atoms with Crippen LogP contribution in [-0.2, 0) is 9.53 Å². The quantitative estimate of drug-likeness (QED) is 0.399. The van der Waals surface area contributed by atoms with Crippen LogP contribution in [0.2, 0.25) is 0 Å². The number of carbonyl (C=O) groups is 1. The summed E-state index contributed by atoms with van der Waals surface area (Å²) in [5.74, 6) is -0.773. The Morgan fingerprint density at radius 3 is 2.64 bits per heavy atom. The lowest BCUT2D eigenvalue weighted by molar-refractivity contribution is -0.196. The summed E-state index contributed by atoms with van der Waals surface area (Å²) in [7, 11) is 0. The van der Waals surface area contributed by atoms with Crippen LogP contribution in [-0.4, -0.2) is 58.3 Å². The van der Waals surface area contributed by atoms with Gasteiger partial charge in [-0.2, -0.15) is 0 Å². The molecule has 14 heavy (non-hydrogen) atoms.